The number of Topliss-reactive ketones (excluding diaryl/α,β-unsaturated/α-hetero) is 1. The zero-order chi connectivity index (χ0) is 24.8. The van der Waals surface area contributed by atoms with Crippen molar-refractivity contribution in [3.8, 4) is 11.8 Å². The van der Waals surface area contributed by atoms with E-state index in [4.69, 9.17) is 9.72 Å². The number of thioether (sulfide) groups is 2. The molecule has 1 aliphatic heterocycles. The minimum absolute atomic E-state index is 0.0788. The van der Waals surface area contributed by atoms with E-state index in [1.165, 1.54) is 11.8 Å². The number of fused-ring (bicyclic) bond motifs is 1. The zero-order valence-corrected chi connectivity index (χ0v) is 21.8. The first-order chi connectivity index (χ1) is 16.4. The maximum Gasteiger partial charge on any atom is 0.218 e. The lowest BCUT2D eigenvalue weighted by Gasteiger charge is -2.33. The van der Waals surface area contributed by atoms with E-state index in [1.54, 1.807) is 31.0 Å². The van der Waals surface area contributed by atoms with Crippen LogP contribution in [0, 0.1) is 18.3 Å². The number of benzene rings is 1. The maximum atomic E-state index is 13.6. The Morgan fingerprint density at radius 1 is 1.26 bits per heavy atom. The highest BCUT2D eigenvalue weighted by Gasteiger charge is 2.37. The maximum absolute atomic E-state index is 13.6. The number of hydrogen-bond donors (Lipinski definition) is 1. The van der Waals surface area contributed by atoms with Crippen molar-refractivity contribution in [1.29, 1.82) is 5.26 Å². The van der Waals surface area contributed by atoms with Gasteiger partial charge >= 0.3 is 0 Å². The van der Waals surface area contributed by atoms with E-state index in [1.807, 2.05) is 33.0 Å². The first-order valence-corrected chi connectivity index (χ1v) is 13.2. The molecule has 0 bridgehead atoms. The lowest BCUT2D eigenvalue weighted by Crippen LogP contribution is -2.24. The molecule has 0 aliphatic carbocycles. The lowest BCUT2D eigenvalue weighted by molar-refractivity contribution is -0.118. The Hall–Kier alpha value is -2.76. The summed E-state index contributed by atoms with van der Waals surface area (Å²) in [6.07, 6.45) is 2.69. The average molecular weight is 496 g/mol. The molecule has 1 atom stereocenters. The normalized spacial score (nSPS) is 14.8. The Labute approximate surface area is 209 Å². The van der Waals surface area contributed by atoms with Crippen molar-refractivity contribution in [2.75, 3.05) is 23.9 Å². The van der Waals surface area contributed by atoms with Gasteiger partial charge in [0.25, 0.3) is 0 Å². The van der Waals surface area contributed by atoms with Gasteiger partial charge in [0, 0.05) is 58.8 Å². The number of rotatable bonds is 9. The Bertz CT molecular complexity index is 1180. The number of methoxy groups -OCH3 is 1. The van der Waals surface area contributed by atoms with E-state index in [2.05, 4.69) is 18.3 Å². The van der Waals surface area contributed by atoms with Crippen LogP contribution in [0.2, 0.25) is 0 Å². The van der Waals surface area contributed by atoms with Gasteiger partial charge < -0.3 is 10.1 Å². The molecule has 34 heavy (non-hydrogen) atoms. The summed E-state index contributed by atoms with van der Waals surface area (Å²) in [6, 6.07) is 7.48. The van der Waals surface area contributed by atoms with Gasteiger partial charge in [-0.25, -0.2) is 4.98 Å². The van der Waals surface area contributed by atoms with E-state index in [9.17, 15) is 14.9 Å². The molecule has 0 spiro atoms. The fourth-order valence-electron chi connectivity index (χ4n) is 4.02. The largest absolute Gasteiger partial charge is 0.496 e. The molecule has 1 N–H and O–H groups in total. The second-order valence-corrected chi connectivity index (χ2v) is 10.2. The summed E-state index contributed by atoms with van der Waals surface area (Å²) in [5, 5.41) is 13.6. The van der Waals surface area contributed by atoms with Gasteiger partial charge in [-0.1, -0.05) is 31.7 Å². The van der Waals surface area contributed by atoms with Gasteiger partial charge in [0.05, 0.1) is 18.7 Å². The number of nitrogens with zero attached hydrogens (tertiary/aromatic N) is 2. The third-order valence-electron chi connectivity index (χ3n) is 5.75. The highest BCUT2D eigenvalue weighted by molar-refractivity contribution is 8.14. The van der Waals surface area contributed by atoms with E-state index in [-0.39, 0.29) is 10.9 Å². The number of nitriles is 1. The Morgan fingerprint density at radius 3 is 2.68 bits per heavy atom. The molecule has 1 aromatic heterocycles. The Balaban J connectivity index is 2.20. The third kappa shape index (κ3) is 5.31. The SMILES string of the molecule is CCSc1ncc(C)c2c1C(c1ccc(C#N)cc1OC)C(C(=O)SCCC(=O)CC)=C(C)N2. The van der Waals surface area contributed by atoms with Crippen molar-refractivity contribution in [2.45, 2.75) is 51.5 Å². The van der Waals surface area contributed by atoms with Crippen LogP contribution in [0.25, 0.3) is 0 Å². The standard InChI is InChI=1S/C26H29N3O3S2/c1-6-18(30)10-11-34-26(31)21-16(4)29-24-15(3)14-28-25(33-7-2)23(24)22(21)19-9-8-17(13-27)12-20(19)32-5/h8-9,12,14,22,29H,6-7,10-11H2,1-5H3. The molecule has 3 rings (SSSR count). The molecule has 0 saturated heterocycles. The van der Waals surface area contributed by atoms with Crippen molar-refractivity contribution < 1.29 is 14.3 Å². The Morgan fingerprint density at radius 2 is 2.03 bits per heavy atom. The van der Waals surface area contributed by atoms with Crippen LogP contribution in [0.15, 0.2) is 40.7 Å². The molecule has 0 fully saturated rings. The number of ether oxygens (including phenoxy) is 1. The molecule has 1 aromatic carbocycles. The number of carbonyl (C=O) groups excluding carboxylic acids is 2. The summed E-state index contributed by atoms with van der Waals surface area (Å²) in [6.45, 7) is 7.81. The van der Waals surface area contributed by atoms with Crippen LogP contribution >= 0.6 is 23.5 Å². The number of anilines is 1. The summed E-state index contributed by atoms with van der Waals surface area (Å²) in [7, 11) is 1.57. The molecule has 2 aromatic rings. The predicted molar refractivity (Wildman–Crippen MR) is 139 cm³/mol. The highest BCUT2D eigenvalue weighted by atomic mass is 32.2. The average Bonchev–Trinajstić information content (AvgIpc) is 2.84. The third-order valence-corrected chi connectivity index (χ3v) is 7.52. The van der Waals surface area contributed by atoms with E-state index in [0.717, 1.165) is 38.9 Å². The molecule has 1 unspecified atom stereocenters. The summed E-state index contributed by atoms with van der Waals surface area (Å²) in [4.78, 5) is 30.1. The molecule has 0 saturated carbocycles. The molecule has 6 nitrogen and oxygen atoms in total. The summed E-state index contributed by atoms with van der Waals surface area (Å²) in [5.41, 5.74) is 5.56. The molecule has 1 aliphatic rings. The summed E-state index contributed by atoms with van der Waals surface area (Å²) >= 11 is 2.80. The first kappa shape index (κ1) is 25.9. The number of nitrogens with one attached hydrogen (secondary N) is 1. The van der Waals surface area contributed by atoms with Gasteiger partial charge in [0.1, 0.15) is 16.6 Å². The molecule has 0 amide bonds. The van der Waals surface area contributed by atoms with Crippen molar-refractivity contribution in [1.82, 2.24) is 4.98 Å². The van der Waals surface area contributed by atoms with Crippen molar-refractivity contribution in [3.05, 3.63) is 57.9 Å². The smallest absolute Gasteiger partial charge is 0.218 e. The van der Waals surface area contributed by atoms with E-state index >= 15 is 0 Å². The number of ketones is 1. The molecule has 178 valence electrons. The monoisotopic (exact) mass is 495 g/mol. The second-order valence-electron chi connectivity index (χ2n) is 7.91. The fraction of sp³-hybridized carbons (Fsp3) is 0.385. The van der Waals surface area contributed by atoms with Gasteiger partial charge in [0.15, 0.2) is 0 Å². The van der Waals surface area contributed by atoms with E-state index < -0.39 is 5.92 Å². The number of hydrogen-bond acceptors (Lipinski definition) is 8. The molecule has 2 heterocycles. The first-order valence-electron chi connectivity index (χ1n) is 11.2. The van der Waals surface area contributed by atoms with Crippen LogP contribution in [-0.2, 0) is 9.59 Å². The number of pyridine rings is 1. The van der Waals surface area contributed by atoms with Crippen molar-refractivity contribution in [2.24, 2.45) is 0 Å². The van der Waals surface area contributed by atoms with E-state index in [0.29, 0.717) is 35.5 Å². The van der Waals surface area contributed by atoms with Gasteiger partial charge in [0.2, 0.25) is 5.12 Å². The van der Waals surface area contributed by atoms with Crippen LogP contribution in [0.3, 0.4) is 0 Å². The van der Waals surface area contributed by atoms with Gasteiger partial charge in [-0.05, 0) is 37.3 Å². The summed E-state index contributed by atoms with van der Waals surface area (Å²) < 4.78 is 5.69. The lowest BCUT2D eigenvalue weighted by atomic mass is 9.80. The van der Waals surface area contributed by atoms with Gasteiger partial charge in [-0.3, -0.25) is 9.59 Å². The second kappa shape index (κ2) is 11.6. The number of aryl methyl sites for hydroxylation is 1. The van der Waals surface area contributed by atoms with Crippen LogP contribution in [-0.4, -0.2) is 34.5 Å². The molecular weight excluding hydrogens is 466 g/mol. The van der Waals surface area contributed by atoms with Crippen LogP contribution in [0.1, 0.15) is 61.8 Å². The van der Waals surface area contributed by atoms with Crippen molar-refractivity contribution in [3.63, 3.8) is 0 Å². The van der Waals surface area contributed by atoms with Crippen molar-refractivity contribution >= 4 is 40.1 Å². The quantitative estimate of drug-likeness (QED) is 0.434. The van der Waals surface area contributed by atoms with Crippen LogP contribution < -0.4 is 10.1 Å². The fourth-order valence-corrected chi connectivity index (χ4v) is 5.74. The number of carbonyl (C=O) groups is 2. The minimum atomic E-state index is -0.415. The molecular formula is C26H29N3O3S2. The predicted octanol–water partition coefficient (Wildman–Crippen LogP) is 5.84. The van der Waals surface area contributed by atoms with Crippen LogP contribution in [0.4, 0.5) is 5.69 Å². The van der Waals surface area contributed by atoms with Gasteiger partial charge in [-0.2, -0.15) is 5.26 Å². The van der Waals surface area contributed by atoms with Crippen LogP contribution in [0.5, 0.6) is 5.75 Å². The molecule has 8 heteroatoms. The molecule has 0 radical (unpaired) electrons. The summed E-state index contributed by atoms with van der Waals surface area (Å²) in [5.74, 6) is 1.55. The zero-order valence-electron chi connectivity index (χ0n) is 20.2. The Kier molecular flexibility index (Phi) is 8.81. The number of aromatic nitrogens is 1. The minimum Gasteiger partial charge on any atom is -0.496 e. The topological polar surface area (TPSA) is 92.1 Å². The number of allylic oxidation sites excluding steroid dienone is 1. The highest BCUT2D eigenvalue weighted by Crippen LogP contribution is 2.49. The van der Waals surface area contributed by atoms with Gasteiger partial charge in [-0.15, -0.1) is 11.8 Å².